The van der Waals surface area contributed by atoms with Gasteiger partial charge in [-0.1, -0.05) is 0 Å². The minimum absolute atomic E-state index is 0.0961. The number of nitrogens with zero attached hydrogens (tertiary/aromatic N) is 2. The van der Waals surface area contributed by atoms with Gasteiger partial charge in [0.2, 0.25) is 17.7 Å². The summed E-state index contributed by atoms with van der Waals surface area (Å²) < 4.78 is 10.4. The van der Waals surface area contributed by atoms with Gasteiger partial charge in [-0.25, -0.2) is 4.98 Å². The summed E-state index contributed by atoms with van der Waals surface area (Å²) >= 11 is 0. The molecule has 3 heterocycles. The molecule has 0 aromatic carbocycles. The number of carbonyl (C=O) groups excluding carboxylic acids is 3. The van der Waals surface area contributed by atoms with Crippen LogP contribution in [0, 0.1) is 0 Å². The SMILES string of the molecule is COc1ccc(C(=O)N2CC(NC(C)=O)C(=O)NC3(CCOCC3)C2)cn1. The first-order valence-corrected chi connectivity index (χ1v) is 8.89. The van der Waals surface area contributed by atoms with E-state index in [-0.39, 0.29) is 24.3 Å². The van der Waals surface area contributed by atoms with Crippen LogP contribution >= 0.6 is 0 Å². The largest absolute Gasteiger partial charge is 0.481 e. The Morgan fingerprint density at radius 1 is 1.37 bits per heavy atom. The second-order valence-corrected chi connectivity index (χ2v) is 6.91. The highest BCUT2D eigenvalue weighted by Gasteiger charge is 2.42. The molecule has 9 nitrogen and oxygen atoms in total. The minimum Gasteiger partial charge on any atom is -0.481 e. The van der Waals surface area contributed by atoms with E-state index < -0.39 is 11.6 Å². The van der Waals surface area contributed by atoms with Crippen molar-refractivity contribution >= 4 is 17.7 Å². The Bertz CT molecular complexity index is 715. The normalized spacial score (nSPS) is 21.9. The van der Waals surface area contributed by atoms with E-state index in [2.05, 4.69) is 15.6 Å². The van der Waals surface area contributed by atoms with Gasteiger partial charge in [-0.3, -0.25) is 14.4 Å². The Labute approximate surface area is 157 Å². The minimum atomic E-state index is -0.806. The maximum atomic E-state index is 13.1. The lowest BCUT2D eigenvalue weighted by Crippen LogP contribution is -2.57. The van der Waals surface area contributed by atoms with Crippen molar-refractivity contribution in [2.45, 2.75) is 31.3 Å². The van der Waals surface area contributed by atoms with Crippen LogP contribution in [-0.4, -0.2) is 72.6 Å². The van der Waals surface area contributed by atoms with E-state index in [9.17, 15) is 14.4 Å². The van der Waals surface area contributed by atoms with Crippen molar-refractivity contribution in [3.05, 3.63) is 23.9 Å². The standard InChI is InChI=1S/C18H24N4O5/c1-12(23)20-14-10-22(17(25)13-3-4-15(26-2)19-9-13)11-18(21-16(14)24)5-7-27-8-6-18/h3-4,9,14H,5-8,10-11H2,1-2H3,(H,20,23)(H,21,24). The number of hydrogen-bond acceptors (Lipinski definition) is 6. The predicted octanol–water partition coefficient (Wildman–Crippen LogP) is -0.284. The molecule has 146 valence electrons. The van der Waals surface area contributed by atoms with Crippen molar-refractivity contribution in [1.82, 2.24) is 20.5 Å². The quantitative estimate of drug-likeness (QED) is 0.751. The number of nitrogens with one attached hydrogen (secondary N) is 2. The van der Waals surface area contributed by atoms with Crippen LogP contribution in [0.4, 0.5) is 0 Å². The van der Waals surface area contributed by atoms with Gasteiger partial charge in [0.25, 0.3) is 5.91 Å². The molecule has 0 saturated carbocycles. The smallest absolute Gasteiger partial charge is 0.255 e. The lowest BCUT2D eigenvalue weighted by molar-refractivity contribution is -0.129. The Morgan fingerprint density at radius 2 is 2.11 bits per heavy atom. The molecule has 2 fully saturated rings. The average molecular weight is 376 g/mol. The number of aromatic nitrogens is 1. The van der Waals surface area contributed by atoms with Gasteiger partial charge in [0.05, 0.1) is 24.8 Å². The molecule has 0 bridgehead atoms. The van der Waals surface area contributed by atoms with Gasteiger partial charge in [0.1, 0.15) is 6.04 Å². The second kappa shape index (κ2) is 7.91. The first-order chi connectivity index (χ1) is 12.9. The van der Waals surface area contributed by atoms with Gasteiger partial charge in [-0.2, -0.15) is 0 Å². The summed E-state index contributed by atoms with van der Waals surface area (Å²) in [6, 6.07) is 2.45. The summed E-state index contributed by atoms with van der Waals surface area (Å²) in [5, 5.41) is 5.68. The van der Waals surface area contributed by atoms with Crippen LogP contribution in [0.1, 0.15) is 30.1 Å². The zero-order valence-corrected chi connectivity index (χ0v) is 15.5. The molecule has 2 saturated heterocycles. The zero-order valence-electron chi connectivity index (χ0n) is 15.5. The predicted molar refractivity (Wildman–Crippen MR) is 95.2 cm³/mol. The third-order valence-electron chi connectivity index (χ3n) is 4.91. The number of methoxy groups -OCH3 is 1. The topological polar surface area (TPSA) is 110 Å². The molecule has 27 heavy (non-hydrogen) atoms. The highest BCUT2D eigenvalue weighted by atomic mass is 16.5. The van der Waals surface area contributed by atoms with E-state index in [1.807, 2.05) is 0 Å². The summed E-state index contributed by atoms with van der Waals surface area (Å²) in [6.07, 6.45) is 2.66. The van der Waals surface area contributed by atoms with Crippen molar-refractivity contribution in [3.8, 4) is 5.88 Å². The fraction of sp³-hybridized carbons (Fsp3) is 0.556. The van der Waals surface area contributed by atoms with Crippen LogP contribution in [0.2, 0.25) is 0 Å². The van der Waals surface area contributed by atoms with E-state index >= 15 is 0 Å². The molecule has 3 amide bonds. The van der Waals surface area contributed by atoms with Crippen molar-refractivity contribution in [2.75, 3.05) is 33.4 Å². The lowest BCUT2D eigenvalue weighted by atomic mass is 9.89. The van der Waals surface area contributed by atoms with E-state index in [4.69, 9.17) is 9.47 Å². The molecule has 1 unspecified atom stereocenters. The molecular weight excluding hydrogens is 352 g/mol. The molecule has 1 atom stereocenters. The van der Waals surface area contributed by atoms with Gasteiger partial charge >= 0.3 is 0 Å². The van der Waals surface area contributed by atoms with Gasteiger partial charge < -0.3 is 25.0 Å². The van der Waals surface area contributed by atoms with Crippen LogP contribution in [-0.2, 0) is 14.3 Å². The van der Waals surface area contributed by atoms with E-state index in [1.165, 1.54) is 20.2 Å². The molecule has 1 aromatic heterocycles. The third kappa shape index (κ3) is 4.36. The number of rotatable bonds is 3. The van der Waals surface area contributed by atoms with Crippen molar-refractivity contribution in [3.63, 3.8) is 0 Å². The fourth-order valence-corrected chi connectivity index (χ4v) is 3.49. The van der Waals surface area contributed by atoms with Crippen LogP contribution in [0.25, 0.3) is 0 Å². The van der Waals surface area contributed by atoms with Crippen molar-refractivity contribution in [1.29, 1.82) is 0 Å². The first-order valence-electron chi connectivity index (χ1n) is 8.89. The number of amides is 3. The molecule has 2 aliphatic rings. The number of hydrogen-bond donors (Lipinski definition) is 2. The highest BCUT2D eigenvalue weighted by Crippen LogP contribution is 2.25. The number of ether oxygens (including phenoxy) is 2. The molecule has 1 aromatic rings. The molecule has 0 radical (unpaired) electrons. The monoisotopic (exact) mass is 376 g/mol. The molecule has 2 aliphatic heterocycles. The summed E-state index contributed by atoms with van der Waals surface area (Å²) in [7, 11) is 1.50. The Morgan fingerprint density at radius 3 is 2.70 bits per heavy atom. The summed E-state index contributed by atoms with van der Waals surface area (Å²) in [5.74, 6) is -0.439. The molecule has 1 spiro atoms. The van der Waals surface area contributed by atoms with Crippen LogP contribution in [0.3, 0.4) is 0 Å². The zero-order chi connectivity index (χ0) is 19.4. The average Bonchev–Trinajstić information content (AvgIpc) is 2.78. The van der Waals surface area contributed by atoms with Crippen LogP contribution < -0.4 is 15.4 Å². The first kappa shape index (κ1) is 19.1. The van der Waals surface area contributed by atoms with E-state index in [0.717, 1.165) is 0 Å². The lowest BCUT2D eigenvalue weighted by Gasteiger charge is -2.39. The molecule has 9 heteroatoms. The maximum Gasteiger partial charge on any atom is 0.255 e. The second-order valence-electron chi connectivity index (χ2n) is 6.91. The fourth-order valence-electron chi connectivity index (χ4n) is 3.49. The van der Waals surface area contributed by atoms with Gasteiger partial charge in [0, 0.05) is 38.9 Å². The molecule has 3 rings (SSSR count). The Balaban J connectivity index is 1.87. The molecule has 0 aliphatic carbocycles. The summed E-state index contributed by atoms with van der Waals surface area (Å²) in [5.41, 5.74) is -0.160. The van der Waals surface area contributed by atoms with Gasteiger partial charge in [-0.05, 0) is 18.9 Å². The number of pyridine rings is 1. The summed E-state index contributed by atoms with van der Waals surface area (Å²) in [4.78, 5) is 43.0. The third-order valence-corrected chi connectivity index (χ3v) is 4.91. The van der Waals surface area contributed by atoms with Crippen LogP contribution in [0.5, 0.6) is 5.88 Å². The Kier molecular flexibility index (Phi) is 5.59. The van der Waals surface area contributed by atoms with Crippen LogP contribution in [0.15, 0.2) is 18.3 Å². The molecule has 2 N–H and O–H groups in total. The molecular formula is C18H24N4O5. The van der Waals surface area contributed by atoms with Crippen molar-refractivity contribution < 1.29 is 23.9 Å². The Hall–Kier alpha value is -2.68. The van der Waals surface area contributed by atoms with E-state index in [0.29, 0.717) is 44.0 Å². The highest BCUT2D eigenvalue weighted by molar-refractivity contribution is 5.95. The maximum absolute atomic E-state index is 13.1. The van der Waals surface area contributed by atoms with Gasteiger partial charge in [-0.15, -0.1) is 0 Å². The van der Waals surface area contributed by atoms with Gasteiger partial charge in [0.15, 0.2) is 0 Å². The number of carbonyl (C=O) groups is 3. The van der Waals surface area contributed by atoms with E-state index in [1.54, 1.807) is 17.0 Å². The summed E-state index contributed by atoms with van der Waals surface area (Å²) in [6.45, 7) is 2.82. The van der Waals surface area contributed by atoms with Crippen molar-refractivity contribution in [2.24, 2.45) is 0 Å².